The zero-order valence-electron chi connectivity index (χ0n) is 15.0. The van der Waals surface area contributed by atoms with Crippen molar-refractivity contribution in [1.29, 1.82) is 0 Å². The van der Waals surface area contributed by atoms with Crippen LogP contribution in [-0.4, -0.2) is 23.5 Å². The zero-order chi connectivity index (χ0) is 20.3. The number of hydrogen-bond donors (Lipinski definition) is 1. The minimum absolute atomic E-state index is 0.0664. The lowest BCUT2D eigenvalue weighted by molar-refractivity contribution is -0.153. The second kappa shape index (κ2) is 8.39. The van der Waals surface area contributed by atoms with Crippen LogP contribution in [-0.2, 0) is 14.3 Å². The van der Waals surface area contributed by atoms with Gasteiger partial charge in [0.2, 0.25) is 5.78 Å². The number of hydrogen-bond acceptors (Lipinski definition) is 6. The third-order valence-corrected chi connectivity index (χ3v) is 4.86. The molecule has 0 saturated carbocycles. The van der Waals surface area contributed by atoms with Gasteiger partial charge >= 0.3 is 11.6 Å². The van der Waals surface area contributed by atoms with Crippen molar-refractivity contribution in [3.05, 3.63) is 74.6 Å². The fourth-order valence-electron chi connectivity index (χ4n) is 3.02. The van der Waals surface area contributed by atoms with E-state index in [1.165, 1.54) is 0 Å². The van der Waals surface area contributed by atoms with Gasteiger partial charge in [-0.25, -0.2) is 9.59 Å². The molecular weight excluding hydrogens is 428 g/mol. The summed E-state index contributed by atoms with van der Waals surface area (Å²) >= 11 is 3.34. The Morgan fingerprint density at radius 3 is 2.50 bits per heavy atom. The molecule has 0 saturated heterocycles. The van der Waals surface area contributed by atoms with Crippen molar-refractivity contribution in [2.75, 3.05) is 6.61 Å². The summed E-state index contributed by atoms with van der Waals surface area (Å²) in [6.45, 7) is 1.66. The van der Waals surface area contributed by atoms with Gasteiger partial charge in [0, 0.05) is 16.8 Å². The second-order valence-corrected chi connectivity index (χ2v) is 7.02. The highest BCUT2D eigenvalue weighted by molar-refractivity contribution is 9.10. The Balaban J connectivity index is 2.15. The molecule has 0 spiro atoms. The number of aromatic hydroxyl groups is 1. The van der Waals surface area contributed by atoms with Crippen LogP contribution in [0, 0.1) is 0 Å². The first-order valence-electron chi connectivity index (χ1n) is 8.62. The number of para-hydroxylation sites is 1. The molecule has 144 valence electrons. The Hall–Kier alpha value is -2.93. The molecule has 1 heterocycles. The van der Waals surface area contributed by atoms with E-state index in [0.717, 1.165) is 4.47 Å². The number of halogens is 1. The number of ketones is 1. The molecule has 0 amide bonds. The molecule has 0 radical (unpaired) electrons. The standard InChI is InChI=1S/C21H17BrO6/c1-2-27-20(25)16(23)11-15(12-7-9-13(22)10-8-12)18-19(24)14-5-3-4-6-17(14)28-21(18)26/h3-10,15,24H,2,11H2,1H3/t15-/m1/s1. The molecule has 7 heteroatoms. The van der Waals surface area contributed by atoms with Crippen LogP contribution in [0.5, 0.6) is 5.75 Å². The molecule has 2 aromatic carbocycles. The minimum Gasteiger partial charge on any atom is -0.507 e. The molecular formula is C21H17BrO6. The van der Waals surface area contributed by atoms with Crippen molar-refractivity contribution in [3.63, 3.8) is 0 Å². The maximum atomic E-state index is 12.6. The summed E-state index contributed by atoms with van der Waals surface area (Å²) in [6, 6.07) is 13.5. The maximum Gasteiger partial charge on any atom is 0.374 e. The topological polar surface area (TPSA) is 93.8 Å². The van der Waals surface area contributed by atoms with Crippen molar-refractivity contribution in [3.8, 4) is 5.75 Å². The average molecular weight is 445 g/mol. The van der Waals surface area contributed by atoms with Crippen LogP contribution in [0.4, 0.5) is 0 Å². The van der Waals surface area contributed by atoms with Crippen molar-refractivity contribution in [2.45, 2.75) is 19.3 Å². The normalized spacial score (nSPS) is 11.9. The van der Waals surface area contributed by atoms with Crippen LogP contribution < -0.4 is 5.63 Å². The van der Waals surface area contributed by atoms with Gasteiger partial charge < -0.3 is 14.3 Å². The van der Waals surface area contributed by atoms with Crippen molar-refractivity contribution in [1.82, 2.24) is 0 Å². The summed E-state index contributed by atoms with van der Waals surface area (Å²) in [5.74, 6) is -2.90. The maximum absolute atomic E-state index is 12.6. The van der Waals surface area contributed by atoms with Gasteiger partial charge in [-0.15, -0.1) is 0 Å². The van der Waals surface area contributed by atoms with E-state index >= 15 is 0 Å². The molecule has 3 rings (SSSR count). The first-order chi connectivity index (χ1) is 13.4. The number of Topliss-reactive ketones (excluding diaryl/α,β-unsaturated/α-hetero) is 1. The van der Waals surface area contributed by atoms with Gasteiger partial charge in [-0.3, -0.25) is 4.79 Å². The fraction of sp³-hybridized carbons (Fsp3) is 0.190. The van der Waals surface area contributed by atoms with Gasteiger partial charge in [-0.1, -0.05) is 40.2 Å². The second-order valence-electron chi connectivity index (χ2n) is 6.10. The van der Waals surface area contributed by atoms with Crippen molar-refractivity contribution >= 4 is 38.7 Å². The Kier molecular flexibility index (Phi) is 5.94. The average Bonchev–Trinajstić information content (AvgIpc) is 2.68. The summed E-state index contributed by atoms with van der Waals surface area (Å²) < 4.78 is 10.9. The molecule has 0 aliphatic heterocycles. The predicted molar refractivity (Wildman–Crippen MR) is 106 cm³/mol. The smallest absolute Gasteiger partial charge is 0.374 e. The number of esters is 1. The lowest BCUT2D eigenvalue weighted by atomic mass is 9.87. The van der Waals surface area contributed by atoms with E-state index in [9.17, 15) is 19.5 Å². The van der Waals surface area contributed by atoms with E-state index in [2.05, 4.69) is 15.9 Å². The number of rotatable bonds is 6. The molecule has 3 aromatic rings. The minimum atomic E-state index is -0.978. The first kappa shape index (κ1) is 19.8. The van der Waals surface area contributed by atoms with Gasteiger partial charge in [0.1, 0.15) is 11.3 Å². The lowest BCUT2D eigenvalue weighted by Gasteiger charge is -2.18. The molecule has 0 unspecified atom stereocenters. The van der Waals surface area contributed by atoms with E-state index in [4.69, 9.17) is 9.15 Å². The summed E-state index contributed by atoms with van der Waals surface area (Å²) in [6.07, 6.45) is -0.336. The van der Waals surface area contributed by atoms with Gasteiger partial charge in [0.05, 0.1) is 17.6 Å². The van der Waals surface area contributed by atoms with E-state index < -0.39 is 23.3 Å². The van der Waals surface area contributed by atoms with Crippen LogP contribution in [0.1, 0.15) is 30.4 Å². The van der Waals surface area contributed by atoms with E-state index in [1.54, 1.807) is 55.5 Å². The summed E-state index contributed by atoms with van der Waals surface area (Å²) in [5, 5.41) is 11.1. The highest BCUT2D eigenvalue weighted by atomic mass is 79.9. The van der Waals surface area contributed by atoms with E-state index in [1.807, 2.05) is 0 Å². The number of fused-ring (bicyclic) bond motifs is 1. The molecule has 0 fully saturated rings. The first-order valence-corrected chi connectivity index (χ1v) is 9.41. The van der Waals surface area contributed by atoms with Gasteiger partial charge in [-0.05, 0) is 36.8 Å². The molecule has 1 atom stereocenters. The van der Waals surface area contributed by atoms with Gasteiger partial charge in [0.15, 0.2) is 0 Å². The van der Waals surface area contributed by atoms with Crippen LogP contribution in [0.3, 0.4) is 0 Å². The van der Waals surface area contributed by atoms with Crippen molar-refractivity contribution < 1.29 is 23.8 Å². The summed E-state index contributed by atoms with van der Waals surface area (Å²) in [4.78, 5) is 36.8. The third kappa shape index (κ3) is 3.99. The van der Waals surface area contributed by atoms with Gasteiger partial charge in [0.25, 0.3) is 0 Å². The number of carbonyl (C=O) groups excluding carboxylic acids is 2. The fourth-order valence-corrected chi connectivity index (χ4v) is 3.28. The molecule has 28 heavy (non-hydrogen) atoms. The van der Waals surface area contributed by atoms with Crippen LogP contribution in [0.2, 0.25) is 0 Å². The van der Waals surface area contributed by atoms with Crippen molar-refractivity contribution in [2.24, 2.45) is 0 Å². The molecule has 6 nitrogen and oxygen atoms in total. The number of ether oxygens (including phenoxy) is 1. The summed E-state index contributed by atoms with van der Waals surface area (Å²) in [7, 11) is 0. The predicted octanol–water partition coefficient (Wildman–Crippen LogP) is 3.92. The quantitative estimate of drug-likeness (QED) is 0.351. The molecule has 0 bridgehead atoms. The largest absolute Gasteiger partial charge is 0.507 e. The number of carbonyl (C=O) groups is 2. The molecule has 0 aliphatic rings. The number of benzene rings is 2. The van der Waals surface area contributed by atoms with Crippen LogP contribution in [0.25, 0.3) is 11.0 Å². The van der Waals surface area contributed by atoms with E-state index in [0.29, 0.717) is 10.9 Å². The van der Waals surface area contributed by atoms with Gasteiger partial charge in [-0.2, -0.15) is 0 Å². The lowest BCUT2D eigenvalue weighted by Crippen LogP contribution is -2.23. The Labute approximate surface area is 168 Å². The SMILES string of the molecule is CCOC(=O)C(=O)C[C@H](c1ccc(Br)cc1)c1c(O)c2ccccc2oc1=O. The molecule has 0 aliphatic carbocycles. The molecule has 1 aromatic heterocycles. The van der Waals surface area contributed by atoms with Crippen LogP contribution in [0.15, 0.2) is 62.2 Å². The highest BCUT2D eigenvalue weighted by Gasteiger charge is 2.29. The van der Waals surface area contributed by atoms with E-state index in [-0.39, 0.29) is 29.9 Å². The zero-order valence-corrected chi connectivity index (χ0v) is 16.6. The highest BCUT2D eigenvalue weighted by Crippen LogP contribution is 2.36. The van der Waals surface area contributed by atoms with Crippen LogP contribution >= 0.6 is 15.9 Å². The summed E-state index contributed by atoms with van der Waals surface area (Å²) in [5.41, 5.74) is -0.0156. The Bertz CT molecular complexity index is 1080. The Morgan fingerprint density at radius 1 is 1.14 bits per heavy atom. The third-order valence-electron chi connectivity index (χ3n) is 4.33. The monoisotopic (exact) mass is 444 g/mol. The Morgan fingerprint density at radius 2 is 1.82 bits per heavy atom. The molecule has 1 N–H and O–H groups in total.